The Morgan fingerprint density at radius 1 is 1.26 bits per heavy atom. The molecular formula is C24H26N5NaO8S. The largest absolute Gasteiger partial charge is 1.00 e. The topological polar surface area (TPSA) is 191 Å². The number of urea groups is 1. The van der Waals surface area contributed by atoms with Crippen LogP contribution in [0.3, 0.4) is 0 Å². The molecule has 2 unspecified atom stereocenters. The number of likely N-dealkylation sites (N-methyl/N-ethyl adjacent to an activating group) is 1. The molecule has 0 bridgehead atoms. The van der Waals surface area contributed by atoms with Crippen LogP contribution in [0.1, 0.15) is 25.5 Å². The number of hydrogen-bond donors (Lipinski definition) is 3. The first-order valence-corrected chi connectivity index (χ1v) is 12.4. The molecule has 2 aliphatic rings. The normalized spacial score (nSPS) is 19.0. The number of nitrogens with one attached hydrogen (secondary N) is 2. The number of carbonyl (C=O) groups excluding carboxylic acids is 6. The van der Waals surface area contributed by atoms with Crippen molar-refractivity contribution in [2.45, 2.75) is 31.3 Å². The van der Waals surface area contributed by atoms with Gasteiger partial charge in [-0.25, -0.2) is 9.59 Å². The van der Waals surface area contributed by atoms with E-state index in [1.54, 1.807) is 50.3 Å². The monoisotopic (exact) mass is 567 g/mol. The summed E-state index contributed by atoms with van der Waals surface area (Å²) in [4.78, 5) is 75.9. The number of carbonyl (C=O) groups is 6. The van der Waals surface area contributed by atoms with E-state index in [1.807, 2.05) is 0 Å². The predicted molar refractivity (Wildman–Crippen MR) is 133 cm³/mol. The number of benzene rings is 1. The van der Waals surface area contributed by atoms with E-state index in [2.05, 4.69) is 15.4 Å². The Morgan fingerprint density at radius 2 is 1.90 bits per heavy atom. The standard InChI is InChI=1S/C24H27N5O8S.Na/c1-4-12(2)19(31)28(3)24(36)27-15(13-8-6-5-7-9-13)18(30)26-16-20(32)29-17(22(33)34)14(10-37-23(25)35)11-38-21(16)29;/h4-9,15-16,21H,10-11H2,1-3H3,(H2,25,35)(H,26,30)(H,27,36)(H,33,34);/q;+1/p-1/b12-4+;/t15?,16?,21-;/m1./s1. The van der Waals surface area contributed by atoms with Gasteiger partial charge in [-0.1, -0.05) is 36.4 Å². The van der Waals surface area contributed by atoms with Crippen LogP contribution in [-0.2, 0) is 23.9 Å². The van der Waals surface area contributed by atoms with Crippen LogP contribution < -0.4 is 51.0 Å². The predicted octanol–water partition coefficient (Wildman–Crippen LogP) is -3.63. The summed E-state index contributed by atoms with van der Waals surface area (Å²) >= 11 is 1.15. The molecule has 1 saturated heterocycles. The number of imide groups is 1. The zero-order valence-corrected chi connectivity index (χ0v) is 24.6. The van der Waals surface area contributed by atoms with Gasteiger partial charge >= 0.3 is 41.7 Å². The van der Waals surface area contributed by atoms with E-state index in [0.717, 1.165) is 21.6 Å². The van der Waals surface area contributed by atoms with Gasteiger partial charge in [-0.05, 0) is 19.4 Å². The zero-order chi connectivity index (χ0) is 28.1. The quantitative estimate of drug-likeness (QED) is 0.162. The molecule has 2 aliphatic heterocycles. The number of allylic oxidation sites excluding steroid dienone is 1. The zero-order valence-electron chi connectivity index (χ0n) is 21.8. The minimum atomic E-state index is -1.64. The van der Waals surface area contributed by atoms with Gasteiger partial charge in [0.05, 0.1) is 11.7 Å². The van der Waals surface area contributed by atoms with Crippen LogP contribution in [0.2, 0.25) is 0 Å². The molecule has 15 heteroatoms. The molecule has 1 fully saturated rings. The summed E-state index contributed by atoms with van der Waals surface area (Å²) in [6.07, 6.45) is 0.439. The summed E-state index contributed by atoms with van der Waals surface area (Å²) in [5.41, 5.74) is 5.34. The van der Waals surface area contributed by atoms with Gasteiger partial charge < -0.3 is 31.0 Å². The van der Waals surface area contributed by atoms with Crippen molar-refractivity contribution in [3.63, 3.8) is 0 Å². The first kappa shape index (κ1) is 31.9. The molecule has 13 nitrogen and oxygen atoms in total. The van der Waals surface area contributed by atoms with Crippen molar-refractivity contribution < 1.29 is 68.2 Å². The molecule has 0 aromatic heterocycles. The van der Waals surface area contributed by atoms with E-state index in [9.17, 15) is 33.9 Å². The first-order valence-electron chi connectivity index (χ1n) is 11.3. The Kier molecular flexibility index (Phi) is 11.2. The van der Waals surface area contributed by atoms with Gasteiger partial charge in [0.25, 0.3) is 11.8 Å². The number of carboxylic acid groups (broad SMARTS) is 1. The fraction of sp³-hybridized carbons (Fsp3) is 0.333. The fourth-order valence-electron chi connectivity index (χ4n) is 3.82. The molecule has 1 aromatic carbocycles. The van der Waals surface area contributed by atoms with Crippen LogP contribution in [-0.4, -0.2) is 76.4 Å². The number of carboxylic acids is 1. The number of aliphatic carboxylic acids is 1. The first-order chi connectivity index (χ1) is 18.0. The van der Waals surface area contributed by atoms with Gasteiger partial charge in [0.15, 0.2) is 0 Å². The maximum Gasteiger partial charge on any atom is 1.00 e. The second-order valence-corrected chi connectivity index (χ2v) is 9.48. The number of amides is 6. The van der Waals surface area contributed by atoms with Gasteiger partial charge in [-0.15, -0.1) is 11.8 Å². The number of nitrogens with zero attached hydrogens (tertiary/aromatic N) is 2. The molecule has 4 N–H and O–H groups in total. The van der Waals surface area contributed by atoms with Crippen molar-refractivity contribution in [3.8, 4) is 0 Å². The van der Waals surface area contributed by atoms with Crippen molar-refractivity contribution in [1.82, 2.24) is 20.4 Å². The smallest absolute Gasteiger partial charge is 0.543 e. The van der Waals surface area contributed by atoms with Crippen LogP contribution in [0.25, 0.3) is 0 Å². The number of thioether (sulfide) groups is 1. The van der Waals surface area contributed by atoms with E-state index >= 15 is 0 Å². The van der Waals surface area contributed by atoms with Crippen molar-refractivity contribution in [1.29, 1.82) is 0 Å². The van der Waals surface area contributed by atoms with Crippen molar-refractivity contribution in [2.24, 2.45) is 5.73 Å². The van der Waals surface area contributed by atoms with Crippen LogP contribution in [0.4, 0.5) is 9.59 Å². The molecule has 3 rings (SSSR count). The third-order valence-corrected chi connectivity index (χ3v) is 7.31. The van der Waals surface area contributed by atoms with Crippen molar-refractivity contribution >= 4 is 47.6 Å². The second-order valence-electron chi connectivity index (χ2n) is 8.37. The molecule has 39 heavy (non-hydrogen) atoms. The summed E-state index contributed by atoms with van der Waals surface area (Å²) in [5, 5.41) is 16.1. The SMILES string of the molecule is C/C=C(\C)C(=O)N(C)C(=O)NC(C(=O)NC1C(=O)N2C(C(=O)[O-])=C(COC(N)=O)CS[C@H]12)c1ccccc1.[Na+]. The summed E-state index contributed by atoms with van der Waals surface area (Å²) in [7, 11) is 1.27. The minimum Gasteiger partial charge on any atom is -0.543 e. The summed E-state index contributed by atoms with van der Waals surface area (Å²) < 4.78 is 4.67. The molecule has 6 amide bonds. The third kappa shape index (κ3) is 7.01. The van der Waals surface area contributed by atoms with Crippen LogP contribution in [0, 0.1) is 0 Å². The van der Waals surface area contributed by atoms with Gasteiger partial charge in [-0.2, -0.15) is 0 Å². The van der Waals surface area contributed by atoms with Crippen molar-refractivity contribution in [3.05, 3.63) is 58.8 Å². The Balaban J connectivity index is 0.00000533. The molecule has 2 heterocycles. The van der Waals surface area contributed by atoms with E-state index in [-0.39, 0.29) is 40.9 Å². The molecule has 0 radical (unpaired) electrons. The number of fused-ring (bicyclic) bond motifs is 1. The van der Waals surface area contributed by atoms with Gasteiger partial charge in [-0.3, -0.25) is 24.2 Å². The maximum atomic E-state index is 13.3. The Bertz CT molecular complexity index is 1240. The number of rotatable bonds is 8. The Hall–Kier alpha value is -3.33. The minimum absolute atomic E-state index is 0. The number of β-lactam (4-membered cyclic amide) rings is 1. The van der Waals surface area contributed by atoms with Crippen LogP contribution in [0.5, 0.6) is 0 Å². The molecule has 0 saturated carbocycles. The van der Waals surface area contributed by atoms with E-state index in [1.165, 1.54) is 7.05 Å². The van der Waals surface area contributed by atoms with E-state index in [0.29, 0.717) is 11.1 Å². The summed E-state index contributed by atoms with van der Waals surface area (Å²) in [5.74, 6) is -3.59. The van der Waals surface area contributed by atoms with E-state index in [4.69, 9.17) is 5.73 Å². The van der Waals surface area contributed by atoms with Gasteiger partial charge in [0, 0.05) is 23.9 Å². The van der Waals surface area contributed by atoms with Gasteiger partial charge in [0.2, 0.25) is 5.91 Å². The Labute approximate surface area is 250 Å². The number of primary amides is 1. The molecule has 0 spiro atoms. The maximum absolute atomic E-state index is 13.3. The number of nitrogens with two attached hydrogens (primary N) is 1. The molecular weight excluding hydrogens is 541 g/mol. The summed E-state index contributed by atoms with van der Waals surface area (Å²) in [6, 6.07) is 5.00. The van der Waals surface area contributed by atoms with Crippen LogP contribution >= 0.6 is 11.8 Å². The molecule has 0 aliphatic carbocycles. The van der Waals surface area contributed by atoms with Gasteiger partial charge in [0.1, 0.15) is 24.1 Å². The second kappa shape index (κ2) is 13.6. The van der Waals surface area contributed by atoms with E-state index < -0.39 is 65.6 Å². The molecule has 202 valence electrons. The average molecular weight is 568 g/mol. The number of hydrogen-bond acceptors (Lipinski definition) is 9. The third-order valence-electron chi connectivity index (χ3n) is 5.97. The van der Waals surface area contributed by atoms with Crippen LogP contribution in [0.15, 0.2) is 53.3 Å². The van der Waals surface area contributed by atoms with Crippen molar-refractivity contribution in [2.75, 3.05) is 19.4 Å². The fourth-order valence-corrected chi connectivity index (χ4v) is 5.15. The summed E-state index contributed by atoms with van der Waals surface area (Å²) in [6.45, 7) is 2.76. The Morgan fingerprint density at radius 3 is 2.46 bits per heavy atom. The average Bonchev–Trinajstić information content (AvgIpc) is 2.91. The molecule has 3 atom stereocenters. The number of ether oxygens (including phenoxy) is 1. The molecule has 1 aromatic rings.